The number of fused-ring (bicyclic) bond motifs is 1. The maximum Gasteiger partial charge on any atom is 0.232 e. The zero-order valence-electron chi connectivity index (χ0n) is 8.07. The van der Waals surface area contributed by atoms with Crippen LogP contribution in [-0.2, 0) is 0 Å². The second-order valence-electron chi connectivity index (χ2n) is 3.32. The maximum absolute atomic E-state index is 13.7. The van der Waals surface area contributed by atoms with Crippen LogP contribution in [0.5, 0.6) is 0 Å². The number of nitrogens with one attached hydrogen (secondary N) is 1. The lowest BCUT2D eigenvalue weighted by atomic mass is 10.2. The first kappa shape index (κ1) is 9.29. The molecule has 4 nitrogen and oxygen atoms in total. The first-order valence-corrected chi connectivity index (χ1v) is 5.38. The van der Waals surface area contributed by atoms with Gasteiger partial charge in [0.05, 0.1) is 0 Å². The first-order valence-electron chi connectivity index (χ1n) is 4.61. The summed E-state index contributed by atoms with van der Waals surface area (Å²) in [4.78, 5) is 7.04. The van der Waals surface area contributed by atoms with E-state index in [2.05, 4.69) is 14.3 Å². The Morgan fingerprint density at radius 1 is 1.38 bits per heavy atom. The van der Waals surface area contributed by atoms with Crippen LogP contribution in [0.15, 0.2) is 24.4 Å². The van der Waals surface area contributed by atoms with Crippen LogP contribution < -0.4 is 5.73 Å². The Balaban J connectivity index is 2.32. The summed E-state index contributed by atoms with van der Waals surface area (Å²) in [5, 5.41) is 1.15. The zero-order valence-corrected chi connectivity index (χ0v) is 8.88. The van der Waals surface area contributed by atoms with Crippen molar-refractivity contribution in [3.63, 3.8) is 0 Å². The molecule has 1 aromatic carbocycles. The van der Waals surface area contributed by atoms with Crippen molar-refractivity contribution in [1.29, 1.82) is 0 Å². The van der Waals surface area contributed by atoms with Crippen molar-refractivity contribution in [3.8, 4) is 10.6 Å². The minimum Gasteiger partial charge on any atom is -0.367 e. The number of halogens is 1. The lowest BCUT2D eigenvalue weighted by Crippen LogP contribution is -1.85. The lowest BCUT2D eigenvalue weighted by Gasteiger charge is -1.94. The zero-order chi connectivity index (χ0) is 11.1. The number of hydrogen-bond donors (Lipinski definition) is 2. The average molecular weight is 234 g/mol. The molecule has 0 saturated carbocycles. The molecule has 0 amide bonds. The van der Waals surface area contributed by atoms with Crippen LogP contribution >= 0.6 is 11.5 Å². The molecule has 0 aliphatic heterocycles. The van der Waals surface area contributed by atoms with E-state index < -0.39 is 0 Å². The maximum atomic E-state index is 13.7. The number of nitrogens with two attached hydrogens (primary N) is 1. The highest BCUT2D eigenvalue weighted by Gasteiger charge is 2.13. The molecule has 0 atom stereocenters. The number of nitrogens with zero attached hydrogens (tertiary/aromatic N) is 2. The number of aromatic nitrogens is 3. The van der Waals surface area contributed by atoms with Crippen LogP contribution in [-0.4, -0.2) is 14.3 Å². The third-order valence-corrected chi connectivity index (χ3v) is 3.09. The van der Waals surface area contributed by atoms with Crippen LogP contribution in [0.3, 0.4) is 0 Å². The van der Waals surface area contributed by atoms with Crippen molar-refractivity contribution in [3.05, 3.63) is 30.2 Å². The predicted molar refractivity (Wildman–Crippen MR) is 61.6 cm³/mol. The van der Waals surface area contributed by atoms with E-state index in [-0.39, 0.29) is 11.8 Å². The molecule has 3 N–H and O–H groups in total. The summed E-state index contributed by atoms with van der Waals surface area (Å²) >= 11 is 1.16. The predicted octanol–water partition coefficient (Wildman–Crippen LogP) is 2.41. The van der Waals surface area contributed by atoms with Gasteiger partial charge in [-0.25, -0.2) is 4.39 Å². The number of rotatable bonds is 1. The molecule has 80 valence electrons. The molecule has 3 aromatic rings. The second-order valence-corrected chi connectivity index (χ2v) is 4.07. The summed E-state index contributed by atoms with van der Waals surface area (Å²) in [5.74, 6) is -0.0618. The van der Waals surface area contributed by atoms with E-state index in [4.69, 9.17) is 5.73 Å². The summed E-state index contributed by atoms with van der Waals surface area (Å²) in [6.07, 6.45) is 1.72. The van der Waals surface area contributed by atoms with Gasteiger partial charge in [0.15, 0.2) is 0 Å². The van der Waals surface area contributed by atoms with Gasteiger partial charge in [-0.2, -0.15) is 9.36 Å². The van der Waals surface area contributed by atoms with Gasteiger partial charge in [0, 0.05) is 22.7 Å². The molecule has 0 bridgehead atoms. The standard InChI is InChI=1S/C10H7FN4S/c11-6-2-1-3-7-8(6)5(4-13-7)9-14-10(12)15-16-9/h1-4,13H,(H2,12,15). The Bertz CT molecular complexity index is 658. The third-order valence-electron chi connectivity index (χ3n) is 2.33. The van der Waals surface area contributed by atoms with Gasteiger partial charge < -0.3 is 10.7 Å². The number of benzene rings is 1. The average Bonchev–Trinajstić information content (AvgIpc) is 2.84. The van der Waals surface area contributed by atoms with E-state index in [0.717, 1.165) is 17.0 Å². The van der Waals surface area contributed by atoms with E-state index in [1.54, 1.807) is 12.3 Å². The second kappa shape index (κ2) is 3.28. The normalized spacial score (nSPS) is 11.1. The Morgan fingerprint density at radius 3 is 3.00 bits per heavy atom. The van der Waals surface area contributed by atoms with Gasteiger partial charge in [-0.15, -0.1) is 0 Å². The molecule has 2 heterocycles. The molecule has 0 radical (unpaired) electrons. The number of anilines is 1. The van der Waals surface area contributed by atoms with Crippen LogP contribution in [0.4, 0.5) is 10.3 Å². The highest BCUT2D eigenvalue weighted by molar-refractivity contribution is 7.09. The molecule has 0 spiro atoms. The van der Waals surface area contributed by atoms with Crippen LogP contribution in [0.25, 0.3) is 21.5 Å². The molecule has 2 aromatic heterocycles. The molecule has 0 unspecified atom stereocenters. The fourth-order valence-corrected chi connectivity index (χ4v) is 2.27. The summed E-state index contributed by atoms with van der Waals surface area (Å²) in [7, 11) is 0. The molecule has 0 saturated heterocycles. The van der Waals surface area contributed by atoms with Gasteiger partial charge in [0.2, 0.25) is 5.95 Å². The number of nitrogen functional groups attached to an aromatic ring is 1. The van der Waals surface area contributed by atoms with Crippen molar-refractivity contribution >= 4 is 28.4 Å². The van der Waals surface area contributed by atoms with Crippen molar-refractivity contribution in [2.24, 2.45) is 0 Å². The number of aromatic amines is 1. The van der Waals surface area contributed by atoms with E-state index >= 15 is 0 Å². The minimum atomic E-state index is -0.275. The molecule has 16 heavy (non-hydrogen) atoms. The SMILES string of the molecule is Nc1nsc(-c2c[nH]c3cccc(F)c23)n1. The highest BCUT2D eigenvalue weighted by Crippen LogP contribution is 2.31. The largest absolute Gasteiger partial charge is 0.367 e. The molecule has 0 aliphatic rings. The van der Waals surface area contributed by atoms with Crippen LogP contribution in [0.2, 0.25) is 0 Å². The molecule has 0 aliphatic carbocycles. The lowest BCUT2D eigenvalue weighted by molar-refractivity contribution is 0.640. The molecule has 6 heteroatoms. The Kier molecular flexibility index (Phi) is 1.90. The van der Waals surface area contributed by atoms with Crippen molar-refractivity contribution in [2.75, 3.05) is 5.73 Å². The topological polar surface area (TPSA) is 67.6 Å². The van der Waals surface area contributed by atoms with Gasteiger partial charge in [0.25, 0.3) is 0 Å². The van der Waals surface area contributed by atoms with E-state index in [1.165, 1.54) is 6.07 Å². The van der Waals surface area contributed by atoms with Gasteiger partial charge >= 0.3 is 0 Å². The quantitative estimate of drug-likeness (QED) is 0.679. The molecule has 3 rings (SSSR count). The van der Waals surface area contributed by atoms with Crippen molar-refractivity contribution < 1.29 is 4.39 Å². The molecular weight excluding hydrogens is 227 g/mol. The smallest absolute Gasteiger partial charge is 0.232 e. The van der Waals surface area contributed by atoms with Gasteiger partial charge in [-0.05, 0) is 23.7 Å². The summed E-state index contributed by atoms with van der Waals surface area (Å²) in [5.41, 5.74) is 6.89. The van der Waals surface area contributed by atoms with Crippen LogP contribution in [0, 0.1) is 5.82 Å². The monoisotopic (exact) mass is 234 g/mol. The van der Waals surface area contributed by atoms with E-state index in [0.29, 0.717) is 16.0 Å². The fraction of sp³-hybridized carbons (Fsp3) is 0. The van der Waals surface area contributed by atoms with Crippen molar-refractivity contribution in [1.82, 2.24) is 14.3 Å². The van der Waals surface area contributed by atoms with Crippen molar-refractivity contribution in [2.45, 2.75) is 0 Å². The molecular formula is C10H7FN4S. The first-order chi connectivity index (χ1) is 7.75. The van der Waals surface area contributed by atoms with Gasteiger partial charge in [0.1, 0.15) is 10.8 Å². The van der Waals surface area contributed by atoms with E-state index in [1.807, 2.05) is 6.07 Å². The Labute approximate surface area is 94.1 Å². The number of hydrogen-bond acceptors (Lipinski definition) is 4. The summed E-state index contributed by atoms with van der Waals surface area (Å²) < 4.78 is 17.6. The van der Waals surface area contributed by atoms with Gasteiger partial charge in [-0.1, -0.05) is 6.07 Å². The van der Waals surface area contributed by atoms with Crippen LogP contribution in [0.1, 0.15) is 0 Å². The Hall–Kier alpha value is -1.95. The minimum absolute atomic E-state index is 0.214. The summed E-state index contributed by atoms with van der Waals surface area (Å²) in [6.45, 7) is 0. The summed E-state index contributed by atoms with van der Waals surface area (Å²) in [6, 6.07) is 4.89. The fourth-order valence-electron chi connectivity index (χ4n) is 1.65. The molecule has 0 fully saturated rings. The Morgan fingerprint density at radius 2 is 2.25 bits per heavy atom. The van der Waals surface area contributed by atoms with Gasteiger partial charge in [-0.3, -0.25) is 0 Å². The van der Waals surface area contributed by atoms with E-state index in [9.17, 15) is 4.39 Å². The number of H-pyrrole nitrogens is 1. The highest BCUT2D eigenvalue weighted by atomic mass is 32.1. The third kappa shape index (κ3) is 1.27.